The van der Waals surface area contributed by atoms with E-state index in [1.165, 1.54) is 0 Å². The van der Waals surface area contributed by atoms with Crippen LogP contribution in [0.5, 0.6) is 0 Å². The van der Waals surface area contributed by atoms with Crippen LogP contribution < -0.4 is 10.2 Å². The Balaban J connectivity index is 1.38. The Hall–Kier alpha value is -3.10. The first-order chi connectivity index (χ1) is 15.2. The zero-order chi connectivity index (χ0) is 21.5. The van der Waals surface area contributed by atoms with Crippen molar-refractivity contribution < 1.29 is 14.3 Å². The summed E-state index contributed by atoms with van der Waals surface area (Å²) < 4.78 is 5.51. The zero-order valence-corrected chi connectivity index (χ0v) is 17.7. The summed E-state index contributed by atoms with van der Waals surface area (Å²) in [5.74, 6) is 6.36. The van der Waals surface area contributed by atoms with Crippen LogP contribution in [-0.2, 0) is 19.7 Å². The van der Waals surface area contributed by atoms with Crippen molar-refractivity contribution >= 4 is 17.5 Å². The normalized spacial score (nSPS) is 18.1. The van der Waals surface area contributed by atoms with Crippen molar-refractivity contribution in [2.45, 2.75) is 37.5 Å². The predicted molar refractivity (Wildman–Crippen MR) is 121 cm³/mol. The van der Waals surface area contributed by atoms with E-state index in [0.717, 1.165) is 36.2 Å². The van der Waals surface area contributed by atoms with Crippen molar-refractivity contribution in [3.8, 4) is 11.8 Å². The number of nitrogens with zero attached hydrogens (tertiary/aromatic N) is 1. The van der Waals surface area contributed by atoms with Crippen molar-refractivity contribution in [1.29, 1.82) is 0 Å². The molecule has 4 rings (SSSR count). The topological polar surface area (TPSA) is 58.6 Å². The van der Waals surface area contributed by atoms with Crippen LogP contribution in [0, 0.1) is 11.8 Å². The maximum atomic E-state index is 13.1. The molecule has 0 bridgehead atoms. The molecule has 5 heteroatoms. The van der Waals surface area contributed by atoms with Gasteiger partial charge in [0.05, 0.1) is 12.0 Å². The average Bonchev–Trinajstić information content (AvgIpc) is 2.83. The number of anilines is 1. The molecule has 1 N–H and O–H groups in total. The molecule has 5 nitrogen and oxygen atoms in total. The highest BCUT2D eigenvalue weighted by Crippen LogP contribution is 2.35. The second-order valence-corrected chi connectivity index (χ2v) is 8.09. The molecule has 0 radical (unpaired) electrons. The number of ether oxygens (including phenoxy) is 1. The van der Waals surface area contributed by atoms with Crippen molar-refractivity contribution in [3.63, 3.8) is 0 Å². The smallest absolute Gasteiger partial charge is 0.231 e. The van der Waals surface area contributed by atoms with Crippen LogP contribution in [0.2, 0.25) is 0 Å². The molecule has 2 saturated heterocycles. The molecule has 0 aromatic heterocycles. The van der Waals surface area contributed by atoms with Crippen molar-refractivity contribution in [2.75, 3.05) is 31.2 Å². The van der Waals surface area contributed by atoms with Crippen LogP contribution in [0.15, 0.2) is 54.6 Å². The van der Waals surface area contributed by atoms with Crippen molar-refractivity contribution in [3.05, 3.63) is 65.7 Å². The van der Waals surface area contributed by atoms with E-state index >= 15 is 0 Å². The molecule has 0 saturated carbocycles. The Morgan fingerprint density at radius 2 is 1.77 bits per heavy atom. The average molecular weight is 417 g/mol. The van der Waals surface area contributed by atoms with E-state index in [2.05, 4.69) is 17.2 Å². The van der Waals surface area contributed by atoms with Crippen LogP contribution in [0.25, 0.3) is 0 Å². The van der Waals surface area contributed by atoms with Gasteiger partial charge in [-0.05, 0) is 55.5 Å². The molecule has 0 spiro atoms. The number of hydrogen-bond acceptors (Lipinski definition) is 3. The summed E-state index contributed by atoms with van der Waals surface area (Å²) in [5, 5.41) is 3.01. The van der Waals surface area contributed by atoms with Crippen LogP contribution in [0.1, 0.15) is 43.2 Å². The highest BCUT2D eigenvalue weighted by molar-refractivity contribution is 5.94. The maximum absolute atomic E-state index is 13.1. The third-order valence-corrected chi connectivity index (χ3v) is 6.18. The predicted octanol–water partition coefficient (Wildman–Crippen LogP) is 3.42. The Morgan fingerprint density at radius 3 is 2.48 bits per heavy atom. The number of nitrogens with one attached hydrogen (secondary N) is 1. The molecule has 2 amide bonds. The van der Waals surface area contributed by atoms with Gasteiger partial charge in [-0.15, -0.1) is 0 Å². The first-order valence-corrected chi connectivity index (χ1v) is 11.0. The molecular weight excluding hydrogens is 388 g/mol. The standard InChI is InChI=1S/C26H28N2O3/c29-24-10-4-5-18-28(24)23-13-11-21(12-14-23)7-6-17-27-25(30)26(15-19-31-20-16-26)22-8-2-1-3-9-22/h1-3,8-9,11-14H,4-5,10,15-20H2,(H,27,30). The molecule has 2 aromatic rings. The molecule has 2 heterocycles. The van der Waals surface area contributed by atoms with Crippen molar-refractivity contribution in [1.82, 2.24) is 5.32 Å². The van der Waals surface area contributed by atoms with Gasteiger partial charge in [0.25, 0.3) is 0 Å². The minimum absolute atomic E-state index is 0.00950. The summed E-state index contributed by atoms with van der Waals surface area (Å²) in [4.78, 5) is 27.0. The number of hydrogen-bond donors (Lipinski definition) is 1. The van der Waals surface area contributed by atoms with Crippen LogP contribution in [0.4, 0.5) is 5.69 Å². The zero-order valence-electron chi connectivity index (χ0n) is 17.7. The largest absolute Gasteiger partial charge is 0.381 e. The summed E-state index contributed by atoms with van der Waals surface area (Å²) in [5.41, 5.74) is 2.27. The van der Waals surface area contributed by atoms with Crippen LogP contribution in [-0.4, -0.2) is 38.1 Å². The summed E-state index contributed by atoms with van der Waals surface area (Å²) in [6.07, 6.45) is 3.99. The van der Waals surface area contributed by atoms with E-state index in [1.54, 1.807) is 0 Å². The molecular formula is C26H28N2O3. The van der Waals surface area contributed by atoms with E-state index in [4.69, 9.17) is 4.74 Å². The number of piperidine rings is 1. The Morgan fingerprint density at radius 1 is 1.03 bits per heavy atom. The van der Waals surface area contributed by atoms with Gasteiger partial charge in [0.2, 0.25) is 11.8 Å². The Labute approximate surface area is 183 Å². The van der Waals surface area contributed by atoms with Gasteiger partial charge in [0, 0.05) is 37.4 Å². The van der Waals surface area contributed by atoms with Crippen LogP contribution in [0.3, 0.4) is 0 Å². The van der Waals surface area contributed by atoms with Gasteiger partial charge in [0.15, 0.2) is 0 Å². The van der Waals surface area contributed by atoms with Crippen molar-refractivity contribution in [2.24, 2.45) is 0 Å². The van der Waals surface area contributed by atoms with Gasteiger partial charge >= 0.3 is 0 Å². The maximum Gasteiger partial charge on any atom is 0.231 e. The fourth-order valence-corrected chi connectivity index (χ4v) is 4.37. The molecule has 2 aliphatic rings. The minimum atomic E-state index is -0.552. The Kier molecular flexibility index (Phi) is 6.69. The lowest BCUT2D eigenvalue weighted by Gasteiger charge is -2.36. The van der Waals surface area contributed by atoms with Gasteiger partial charge in [-0.25, -0.2) is 0 Å². The quantitative estimate of drug-likeness (QED) is 0.777. The van der Waals surface area contributed by atoms with E-state index < -0.39 is 5.41 Å². The number of carbonyl (C=O) groups is 2. The molecule has 31 heavy (non-hydrogen) atoms. The molecule has 2 aliphatic heterocycles. The summed E-state index contributed by atoms with van der Waals surface area (Å²) in [6.45, 7) is 2.24. The minimum Gasteiger partial charge on any atom is -0.381 e. The van der Waals surface area contributed by atoms with Crippen LogP contribution >= 0.6 is 0 Å². The highest BCUT2D eigenvalue weighted by atomic mass is 16.5. The number of amides is 2. The number of carbonyl (C=O) groups excluding carboxylic acids is 2. The summed E-state index contributed by atoms with van der Waals surface area (Å²) in [7, 11) is 0. The van der Waals surface area contributed by atoms with E-state index in [9.17, 15) is 9.59 Å². The van der Waals surface area contributed by atoms with Gasteiger partial charge in [-0.3, -0.25) is 9.59 Å². The van der Waals surface area contributed by atoms with Gasteiger partial charge in [0.1, 0.15) is 0 Å². The van der Waals surface area contributed by atoms with Gasteiger partial charge in [-0.2, -0.15) is 0 Å². The fraction of sp³-hybridized carbons (Fsp3) is 0.385. The monoisotopic (exact) mass is 416 g/mol. The molecule has 0 aliphatic carbocycles. The number of benzene rings is 2. The lowest BCUT2D eigenvalue weighted by atomic mass is 9.73. The number of rotatable bonds is 4. The molecule has 2 fully saturated rings. The molecule has 0 unspecified atom stereocenters. The van der Waals surface area contributed by atoms with Gasteiger partial charge < -0.3 is 15.0 Å². The first kappa shape index (κ1) is 21.1. The summed E-state index contributed by atoms with van der Waals surface area (Å²) >= 11 is 0. The SMILES string of the molecule is O=C1CCCCN1c1ccc(C#CCNC(=O)C2(c3ccccc3)CCOCC2)cc1. The third-order valence-electron chi connectivity index (χ3n) is 6.18. The van der Waals surface area contributed by atoms with E-state index in [1.807, 2.05) is 59.5 Å². The molecule has 2 aromatic carbocycles. The highest BCUT2D eigenvalue weighted by Gasteiger charge is 2.41. The first-order valence-electron chi connectivity index (χ1n) is 11.0. The fourth-order valence-electron chi connectivity index (χ4n) is 4.37. The molecule has 160 valence electrons. The second kappa shape index (κ2) is 9.80. The Bertz CT molecular complexity index is 967. The lowest BCUT2D eigenvalue weighted by molar-refractivity contribution is -0.130. The lowest BCUT2D eigenvalue weighted by Crippen LogP contribution is -2.48. The van der Waals surface area contributed by atoms with Gasteiger partial charge in [-0.1, -0.05) is 42.2 Å². The second-order valence-electron chi connectivity index (χ2n) is 8.09. The molecule has 0 atom stereocenters. The van der Waals surface area contributed by atoms with E-state index in [-0.39, 0.29) is 11.8 Å². The summed E-state index contributed by atoms with van der Waals surface area (Å²) in [6, 6.07) is 17.7. The van der Waals surface area contributed by atoms with E-state index in [0.29, 0.717) is 39.0 Å². The third kappa shape index (κ3) is 4.81.